The third-order valence-corrected chi connectivity index (χ3v) is 6.35. The molecule has 182 valence electrons. The molecule has 0 spiro atoms. The molecule has 2 amide bonds. The van der Waals surface area contributed by atoms with E-state index in [4.69, 9.17) is 11.6 Å². The number of anilines is 2. The van der Waals surface area contributed by atoms with Crippen LogP contribution < -0.4 is 10.2 Å². The second-order valence-electron chi connectivity index (χ2n) is 7.53. The Morgan fingerprint density at radius 1 is 1.17 bits per heavy atom. The van der Waals surface area contributed by atoms with Crippen LogP contribution in [0.5, 0.6) is 5.75 Å². The number of carbonyl (C=O) groups is 2. The highest BCUT2D eigenvalue weighted by molar-refractivity contribution is 8.16. The first-order valence-electron chi connectivity index (χ1n) is 10.5. The van der Waals surface area contributed by atoms with Gasteiger partial charge in [-0.25, -0.2) is 0 Å². The van der Waals surface area contributed by atoms with Gasteiger partial charge >= 0.3 is 0 Å². The highest BCUT2D eigenvalue weighted by atomic mass is 35.5. The van der Waals surface area contributed by atoms with Gasteiger partial charge < -0.3 is 10.4 Å². The molecule has 0 aromatic heterocycles. The van der Waals surface area contributed by atoms with Crippen LogP contribution in [0.3, 0.4) is 0 Å². The zero-order valence-electron chi connectivity index (χ0n) is 18.4. The molecule has 1 unspecified atom stereocenters. The lowest BCUT2D eigenvalue weighted by Crippen LogP contribution is -2.33. The average molecular weight is 524 g/mol. The second kappa shape index (κ2) is 11.0. The Morgan fingerprint density at radius 2 is 1.89 bits per heavy atom. The van der Waals surface area contributed by atoms with Gasteiger partial charge in [-0.15, -0.1) is 5.10 Å². The molecule has 10 nitrogen and oxygen atoms in total. The van der Waals surface area contributed by atoms with E-state index < -0.39 is 10.2 Å². The second-order valence-corrected chi connectivity index (χ2v) is 9.14. The maximum atomic E-state index is 13.2. The number of phenolic OH excluding ortho intramolecular Hbond substituents is 1. The van der Waals surface area contributed by atoms with Crippen molar-refractivity contribution in [2.75, 3.05) is 10.2 Å². The number of amides is 2. The third-order valence-electron chi connectivity index (χ3n) is 4.97. The number of phenols is 1. The van der Waals surface area contributed by atoms with Crippen LogP contribution in [0, 0.1) is 10.1 Å². The predicted molar refractivity (Wildman–Crippen MR) is 140 cm³/mol. The van der Waals surface area contributed by atoms with Crippen molar-refractivity contribution < 1.29 is 19.6 Å². The summed E-state index contributed by atoms with van der Waals surface area (Å²) in [6, 6.07) is 18.4. The van der Waals surface area contributed by atoms with Crippen LogP contribution >= 0.6 is 23.4 Å². The van der Waals surface area contributed by atoms with Gasteiger partial charge in [0.1, 0.15) is 11.0 Å². The molecule has 1 atom stereocenters. The van der Waals surface area contributed by atoms with Crippen LogP contribution in [-0.4, -0.2) is 38.5 Å². The molecule has 0 bridgehead atoms. The average Bonchev–Trinajstić information content (AvgIpc) is 3.16. The predicted octanol–water partition coefficient (Wildman–Crippen LogP) is 4.82. The molecule has 3 aromatic rings. The van der Waals surface area contributed by atoms with Crippen LogP contribution in [0.25, 0.3) is 0 Å². The Balaban J connectivity index is 1.55. The Morgan fingerprint density at radius 3 is 2.58 bits per heavy atom. The number of amidine groups is 1. The minimum absolute atomic E-state index is 0.0270. The number of hydrogen-bond donors (Lipinski definition) is 2. The lowest BCUT2D eigenvalue weighted by atomic mass is 10.2. The molecule has 0 saturated carbocycles. The van der Waals surface area contributed by atoms with Gasteiger partial charge in [-0.2, -0.15) is 5.10 Å². The zero-order chi connectivity index (χ0) is 25.7. The number of benzene rings is 3. The molecule has 2 N–H and O–H groups in total. The Labute approximate surface area is 214 Å². The maximum absolute atomic E-state index is 13.2. The number of rotatable bonds is 7. The summed E-state index contributed by atoms with van der Waals surface area (Å²) in [5.41, 5.74) is 1.35. The molecule has 3 aromatic carbocycles. The number of non-ortho nitro benzene ring substituents is 1. The number of halogens is 1. The van der Waals surface area contributed by atoms with E-state index in [9.17, 15) is 24.8 Å². The number of thioether (sulfide) groups is 1. The van der Waals surface area contributed by atoms with Gasteiger partial charge in [0.2, 0.25) is 11.8 Å². The van der Waals surface area contributed by atoms with Crippen molar-refractivity contribution in [1.82, 2.24) is 0 Å². The summed E-state index contributed by atoms with van der Waals surface area (Å²) in [6.45, 7) is 0. The minimum atomic E-state index is -0.766. The van der Waals surface area contributed by atoms with Crippen molar-refractivity contribution in [2.24, 2.45) is 10.2 Å². The first-order valence-corrected chi connectivity index (χ1v) is 11.8. The molecule has 4 rings (SSSR count). The van der Waals surface area contributed by atoms with Gasteiger partial charge in [0.25, 0.3) is 5.69 Å². The summed E-state index contributed by atoms with van der Waals surface area (Å²) in [6.07, 6.45) is 1.22. The fourth-order valence-electron chi connectivity index (χ4n) is 3.28. The molecule has 1 heterocycles. The van der Waals surface area contributed by atoms with Crippen LogP contribution in [0.15, 0.2) is 83.0 Å². The molecule has 0 radical (unpaired) electrons. The van der Waals surface area contributed by atoms with Crippen molar-refractivity contribution in [3.05, 3.63) is 93.5 Å². The molecular weight excluding hydrogens is 506 g/mol. The van der Waals surface area contributed by atoms with E-state index in [1.54, 1.807) is 42.5 Å². The molecule has 1 fully saturated rings. The van der Waals surface area contributed by atoms with Gasteiger partial charge in [-0.3, -0.25) is 24.6 Å². The summed E-state index contributed by atoms with van der Waals surface area (Å²) in [5.74, 6) is -0.712. The Hall–Kier alpha value is -4.22. The normalized spacial score (nSPS) is 16.6. The number of nitro benzene ring substituents is 1. The van der Waals surface area contributed by atoms with Crippen LogP contribution in [-0.2, 0) is 9.59 Å². The zero-order valence-corrected chi connectivity index (χ0v) is 20.0. The number of nitrogens with zero attached hydrogens (tertiary/aromatic N) is 4. The quantitative estimate of drug-likeness (QED) is 0.259. The molecule has 12 heteroatoms. The number of carbonyl (C=O) groups excluding carboxylic acids is 2. The summed E-state index contributed by atoms with van der Waals surface area (Å²) in [4.78, 5) is 37.6. The van der Waals surface area contributed by atoms with E-state index in [0.29, 0.717) is 22.0 Å². The number of nitro groups is 1. The molecule has 1 aliphatic rings. The fraction of sp³-hybridized carbons (Fsp3) is 0.0833. The molecule has 1 saturated heterocycles. The first-order chi connectivity index (χ1) is 17.3. The van der Waals surface area contributed by atoms with Crippen molar-refractivity contribution in [1.29, 1.82) is 0 Å². The van der Waals surface area contributed by atoms with E-state index in [1.807, 2.05) is 0 Å². The van der Waals surface area contributed by atoms with Gasteiger partial charge in [0.15, 0.2) is 5.17 Å². The van der Waals surface area contributed by atoms with Gasteiger partial charge in [-0.1, -0.05) is 35.5 Å². The number of aromatic hydroxyl groups is 1. The number of hydrogen-bond acceptors (Lipinski definition) is 8. The highest BCUT2D eigenvalue weighted by Gasteiger charge is 2.40. The van der Waals surface area contributed by atoms with Crippen molar-refractivity contribution >= 4 is 63.6 Å². The molecule has 0 aliphatic carbocycles. The SMILES string of the molecule is O=C(CC1SC(=NN=Cc2cccc([N+](=O)[O-])c2)N(c2ccc(O)cc2)C1=O)Nc1ccc(Cl)cc1. The monoisotopic (exact) mass is 523 g/mol. The van der Waals surface area contributed by atoms with Crippen LogP contribution in [0.2, 0.25) is 5.02 Å². The van der Waals surface area contributed by atoms with E-state index in [0.717, 1.165) is 11.8 Å². The Bertz CT molecular complexity index is 1360. The molecule has 1 aliphatic heterocycles. The van der Waals surface area contributed by atoms with E-state index >= 15 is 0 Å². The van der Waals surface area contributed by atoms with E-state index in [-0.39, 0.29) is 34.8 Å². The lowest BCUT2D eigenvalue weighted by Gasteiger charge is -2.15. The molecular formula is C24H18ClN5O5S. The maximum Gasteiger partial charge on any atom is 0.270 e. The fourth-order valence-corrected chi connectivity index (χ4v) is 4.50. The summed E-state index contributed by atoms with van der Waals surface area (Å²) >= 11 is 6.94. The summed E-state index contributed by atoms with van der Waals surface area (Å²) < 4.78 is 0. The lowest BCUT2D eigenvalue weighted by molar-refractivity contribution is -0.384. The first kappa shape index (κ1) is 24.9. The van der Waals surface area contributed by atoms with Crippen LogP contribution in [0.4, 0.5) is 17.1 Å². The molecule has 36 heavy (non-hydrogen) atoms. The van der Waals surface area contributed by atoms with Gasteiger partial charge in [0, 0.05) is 34.8 Å². The van der Waals surface area contributed by atoms with Crippen LogP contribution in [0.1, 0.15) is 12.0 Å². The number of nitrogens with one attached hydrogen (secondary N) is 1. The van der Waals surface area contributed by atoms with Gasteiger partial charge in [-0.05, 0) is 48.5 Å². The van der Waals surface area contributed by atoms with Crippen molar-refractivity contribution in [3.8, 4) is 5.75 Å². The van der Waals surface area contributed by atoms with E-state index in [2.05, 4.69) is 15.5 Å². The minimum Gasteiger partial charge on any atom is -0.508 e. The smallest absolute Gasteiger partial charge is 0.270 e. The highest BCUT2D eigenvalue weighted by Crippen LogP contribution is 2.34. The summed E-state index contributed by atoms with van der Waals surface area (Å²) in [7, 11) is 0. The van der Waals surface area contributed by atoms with Crippen molar-refractivity contribution in [3.63, 3.8) is 0 Å². The van der Waals surface area contributed by atoms with Crippen molar-refractivity contribution in [2.45, 2.75) is 11.7 Å². The van der Waals surface area contributed by atoms with E-state index in [1.165, 1.54) is 41.4 Å². The Kier molecular flexibility index (Phi) is 7.62. The summed E-state index contributed by atoms with van der Waals surface area (Å²) in [5, 5.41) is 31.5. The van der Waals surface area contributed by atoms with Gasteiger partial charge in [0.05, 0.1) is 16.8 Å². The topological polar surface area (TPSA) is 138 Å². The third kappa shape index (κ3) is 6.06. The largest absolute Gasteiger partial charge is 0.508 e. The standard InChI is InChI=1S/C24H18ClN5O5S/c25-16-4-6-17(7-5-16)27-22(32)13-21-23(33)29(18-8-10-20(31)11-9-18)24(36-21)28-26-14-15-2-1-3-19(12-15)30(34)35/h1-12,14,21,31H,13H2,(H,27,32).